The first-order chi connectivity index (χ1) is 10.8. The number of carbonyl (C=O) groups excluding carboxylic acids is 1. The van der Waals surface area contributed by atoms with E-state index in [-0.39, 0.29) is 12.6 Å². The summed E-state index contributed by atoms with van der Waals surface area (Å²) in [6.07, 6.45) is 1.35. The number of aryl methyl sites for hydroxylation is 1. The molecule has 112 valence electrons. The predicted octanol–water partition coefficient (Wildman–Crippen LogP) is 3.44. The van der Waals surface area contributed by atoms with E-state index in [0.717, 1.165) is 39.4 Å². The fourth-order valence-electron chi connectivity index (χ4n) is 3.54. The van der Waals surface area contributed by atoms with Gasteiger partial charge in [0.1, 0.15) is 0 Å². The van der Waals surface area contributed by atoms with Gasteiger partial charge in [-0.1, -0.05) is 18.2 Å². The molecule has 0 radical (unpaired) electrons. The van der Waals surface area contributed by atoms with Crippen LogP contribution < -0.4 is 5.32 Å². The molecule has 1 aliphatic heterocycles. The lowest BCUT2D eigenvalue weighted by Gasteiger charge is -2.17. The highest BCUT2D eigenvalue weighted by atomic mass is 19.1. The number of hydrogen-bond donors (Lipinski definition) is 1. The molecule has 1 amide bonds. The molecule has 0 saturated heterocycles. The van der Waals surface area contributed by atoms with Gasteiger partial charge in [-0.3, -0.25) is 9.18 Å². The van der Waals surface area contributed by atoms with Crippen LogP contribution in [0.25, 0.3) is 21.8 Å². The number of nitrogens with zero attached hydrogens (tertiary/aromatic N) is 1. The number of aromatic nitrogens is 1. The maximum absolute atomic E-state index is 12.6. The molecular formula is C18H17FN2O. The highest BCUT2D eigenvalue weighted by Crippen LogP contribution is 2.34. The van der Waals surface area contributed by atoms with E-state index in [1.165, 1.54) is 0 Å². The van der Waals surface area contributed by atoms with Gasteiger partial charge in [-0.2, -0.15) is 0 Å². The molecule has 0 fully saturated rings. The zero-order chi connectivity index (χ0) is 15.1. The van der Waals surface area contributed by atoms with Gasteiger partial charge in [0.15, 0.2) is 0 Å². The second-order valence-electron chi connectivity index (χ2n) is 5.70. The summed E-state index contributed by atoms with van der Waals surface area (Å²) in [5.74, 6) is 0.00346. The Morgan fingerprint density at radius 1 is 1.14 bits per heavy atom. The Hall–Kier alpha value is -2.36. The van der Waals surface area contributed by atoms with Crippen molar-refractivity contribution in [2.45, 2.75) is 19.4 Å². The Morgan fingerprint density at radius 2 is 2.00 bits per heavy atom. The van der Waals surface area contributed by atoms with Crippen molar-refractivity contribution >= 4 is 27.7 Å². The lowest BCUT2D eigenvalue weighted by atomic mass is 9.95. The minimum Gasteiger partial charge on any atom is -0.352 e. The van der Waals surface area contributed by atoms with E-state index in [2.05, 4.69) is 22.0 Å². The van der Waals surface area contributed by atoms with E-state index in [1.54, 1.807) is 0 Å². The molecule has 0 bridgehead atoms. The van der Waals surface area contributed by atoms with Crippen LogP contribution in [0.1, 0.15) is 22.3 Å². The van der Waals surface area contributed by atoms with Crippen LogP contribution in [0.3, 0.4) is 0 Å². The zero-order valence-electron chi connectivity index (χ0n) is 12.2. The van der Waals surface area contributed by atoms with Crippen molar-refractivity contribution in [3.8, 4) is 0 Å². The van der Waals surface area contributed by atoms with Crippen LogP contribution in [0.4, 0.5) is 4.39 Å². The molecule has 0 unspecified atom stereocenters. The number of alkyl halides is 1. The number of fused-ring (bicyclic) bond motifs is 5. The van der Waals surface area contributed by atoms with E-state index >= 15 is 0 Å². The molecule has 0 aliphatic carbocycles. The molecule has 3 nitrogen and oxygen atoms in total. The van der Waals surface area contributed by atoms with E-state index in [9.17, 15) is 9.18 Å². The molecule has 1 aromatic heterocycles. The molecule has 1 aliphatic rings. The Bertz CT molecular complexity index is 882. The summed E-state index contributed by atoms with van der Waals surface area (Å²) in [4.78, 5) is 12.1. The monoisotopic (exact) mass is 296 g/mol. The third kappa shape index (κ3) is 1.83. The van der Waals surface area contributed by atoms with Gasteiger partial charge < -0.3 is 9.88 Å². The quantitative estimate of drug-likeness (QED) is 0.789. The maximum atomic E-state index is 12.6. The normalized spacial score (nSPS) is 14.3. The Kier molecular flexibility index (Phi) is 3.10. The molecule has 1 N–H and O–H groups in total. The number of rotatable bonds is 3. The molecule has 2 heterocycles. The summed E-state index contributed by atoms with van der Waals surface area (Å²) in [5, 5.41) is 5.21. The summed E-state index contributed by atoms with van der Waals surface area (Å²) in [6.45, 7) is 1.02. The Balaban J connectivity index is 2.09. The van der Waals surface area contributed by atoms with Crippen LogP contribution >= 0.6 is 0 Å². The standard InChI is InChI=1S/C18H17FN2O/c19-9-3-11-21-15-5-2-1-4-14(15)17-12-8-10-20-18(22)13(12)6-7-16(17)21/h1-2,4-7H,3,8-11H2,(H,20,22). The molecule has 0 spiro atoms. The SMILES string of the molecule is O=C1NCCc2c1ccc1c2c2ccccc2n1CCCF. The number of amides is 1. The Labute approximate surface area is 127 Å². The molecule has 3 aromatic rings. The molecule has 4 heteroatoms. The molecule has 0 saturated carbocycles. The largest absolute Gasteiger partial charge is 0.352 e. The number of para-hydroxylation sites is 1. The lowest BCUT2D eigenvalue weighted by Crippen LogP contribution is -2.31. The number of nitrogens with one attached hydrogen (secondary N) is 1. The highest BCUT2D eigenvalue weighted by Gasteiger charge is 2.22. The second-order valence-corrected chi connectivity index (χ2v) is 5.70. The van der Waals surface area contributed by atoms with Gasteiger partial charge in [0, 0.05) is 40.5 Å². The Morgan fingerprint density at radius 3 is 2.86 bits per heavy atom. The average Bonchev–Trinajstić information content (AvgIpc) is 2.87. The number of benzene rings is 2. The van der Waals surface area contributed by atoms with Crippen LogP contribution in [0.2, 0.25) is 0 Å². The van der Waals surface area contributed by atoms with Crippen molar-refractivity contribution in [3.63, 3.8) is 0 Å². The fourth-order valence-corrected chi connectivity index (χ4v) is 3.54. The molecule has 0 atom stereocenters. The van der Waals surface area contributed by atoms with Crippen molar-refractivity contribution in [3.05, 3.63) is 47.5 Å². The summed E-state index contributed by atoms with van der Waals surface area (Å²) < 4.78 is 14.8. The highest BCUT2D eigenvalue weighted by molar-refractivity contribution is 6.13. The summed E-state index contributed by atoms with van der Waals surface area (Å²) in [7, 11) is 0. The topological polar surface area (TPSA) is 34.0 Å². The van der Waals surface area contributed by atoms with Crippen molar-refractivity contribution in [2.75, 3.05) is 13.2 Å². The molecule has 4 rings (SSSR count). The van der Waals surface area contributed by atoms with E-state index in [4.69, 9.17) is 0 Å². The van der Waals surface area contributed by atoms with Gasteiger partial charge in [-0.15, -0.1) is 0 Å². The van der Waals surface area contributed by atoms with Crippen LogP contribution in [0, 0.1) is 0 Å². The summed E-state index contributed by atoms with van der Waals surface area (Å²) >= 11 is 0. The molecular weight excluding hydrogens is 279 g/mol. The van der Waals surface area contributed by atoms with Gasteiger partial charge in [0.2, 0.25) is 0 Å². The van der Waals surface area contributed by atoms with Crippen molar-refractivity contribution < 1.29 is 9.18 Å². The van der Waals surface area contributed by atoms with E-state index in [0.29, 0.717) is 19.5 Å². The maximum Gasteiger partial charge on any atom is 0.251 e. The third-order valence-electron chi connectivity index (χ3n) is 4.47. The number of carbonyl (C=O) groups is 1. The average molecular weight is 296 g/mol. The summed E-state index contributed by atoms with van der Waals surface area (Å²) in [6, 6.07) is 12.1. The fraction of sp³-hybridized carbons (Fsp3) is 0.278. The zero-order valence-corrected chi connectivity index (χ0v) is 12.2. The van der Waals surface area contributed by atoms with Crippen molar-refractivity contribution in [1.82, 2.24) is 9.88 Å². The van der Waals surface area contributed by atoms with Gasteiger partial charge in [0.25, 0.3) is 5.91 Å². The minimum atomic E-state index is -0.318. The first-order valence-corrected chi connectivity index (χ1v) is 7.68. The van der Waals surface area contributed by atoms with Gasteiger partial charge in [0.05, 0.1) is 6.67 Å². The van der Waals surface area contributed by atoms with E-state index < -0.39 is 0 Å². The van der Waals surface area contributed by atoms with Crippen molar-refractivity contribution in [2.24, 2.45) is 0 Å². The van der Waals surface area contributed by atoms with Crippen molar-refractivity contribution in [1.29, 1.82) is 0 Å². The molecule has 2 aromatic carbocycles. The van der Waals surface area contributed by atoms with E-state index in [1.807, 2.05) is 24.3 Å². The van der Waals surface area contributed by atoms with Gasteiger partial charge in [-0.25, -0.2) is 0 Å². The molecule has 22 heavy (non-hydrogen) atoms. The van der Waals surface area contributed by atoms with Crippen LogP contribution in [-0.2, 0) is 13.0 Å². The third-order valence-corrected chi connectivity index (χ3v) is 4.47. The first kappa shape index (κ1) is 13.3. The first-order valence-electron chi connectivity index (χ1n) is 7.68. The number of hydrogen-bond acceptors (Lipinski definition) is 1. The predicted molar refractivity (Wildman–Crippen MR) is 86.1 cm³/mol. The smallest absolute Gasteiger partial charge is 0.251 e. The van der Waals surface area contributed by atoms with Gasteiger partial charge >= 0.3 is 0 Å². The summed E-state index contributed by atoms with van der Waals surface area (Å²) in [5.41, 5.74) is 4.11. The van der Waals surface area contributed by atoms with Crippen LogP contribution in [-0.4, -0.2) is 23.7 Å². The van der Waals surface area contributed by atoms with Crippen LogP contribution in [0.5, 0.6) is 0 Å². The number of halogens is 1. The minimum absolute atomic E-state index is 0.00346. The van der Waals surface area contributed by atoms with Gasteiger partial charge in [-0.05, 0) is 36.6 Å². The lowest BCUT2D eigenvalue weighted by molar-refractivity contribution is 0.0946. The second kappa shape index (κ2) is 5.13. The van der Waals surface area contributed by atoms with Crippen LogP contribution in [0.15, 0.2) is 36.4 Å².